The molecule has 0 amide bonds. The number of unbranched alkanes of at least 4 members (excludes halogenated alkanes) is 14. The van der Waals surface area contributed by atoms with Crippen LogP contribution < -0.4 is 0 Å². The third-order valence-corrected chi connectivity index (χ3v) is 6.72. The van der Waals surface area contributed by atoms with Gasteiger partial charge in [0.1, 0.15) is 6.17 Å². The lowest BCUT2D eigenvalue weighted by molar-refractivity contribution is 0.150. The summed E-state index contributed by atoms with van der Waals surface area (Å²) in [6, 6.07) is 11.1. The lowest BCUT2D eigenvalue weighted by Gasteiger charge is -2.33. The highest BCUT2D eigenvalue weighted by atomic mass is 15.4. The first-order chi connectivity index (χ1) is 15.4. The highest BCUT2D eigenvalue weighted by Crippen LogP contribution is 2.31. The van der Waals surface area contributed by atoms with Crippen molar-refractivity contribution in [2.24, 2.45) is 0 Å². The molecule has 1 aliphatic rings. The molecule has 1 aromatic rings. The molecular weight excluding hydrogens is 376 g/mol. The lowest BCUT2D eigenvalue weighted by atomic mass is 10.1. The zero-order chi connectivity index (χ0) is 22.0. The van der Waals surface area contributed by atoms with Crippen LogP contribution in [0.1, 0.15) is 128 Å². The molecule has 2 heteroatoms. The van der Waals surface area contributed by atoms with Gasteiger partial charge in [0.05, 0.1) is 0 Å². The molecule has 1 unspecified atom stereocenters. The van der Waals surface area contributed by atoms with Gasteiger partial charge in [-0.05, 0) is 18.4 Å². The minimum absolute atomic E-state index is 0.399. The van der Waals surface area contributed by atoms with E-state index in [1.54, 1.807) is 0 Å². The SMILES string of the molecule is CCCCCCCCCCCCCN1C=CN(CCCCCCC)C1c1ccccc1. The highest BCUT2D eigenvalue weighted by molar-refractivity contribution is 5.21. The predicted molar refractivity (Wildman–Crippen MR) is 137 cm³/mol. The molecule has 2 nitrogen and oxygen atoms in total. The van der Waals surface area contributed by atoms with Crippen molar-refractivity contribution in [1.82, 2.24) is 9.80 Å². The Morgan fingerprint density at radius 3 is 1.32 bits per heavy atom. The largest absolute Gasteiger partial charge is 0.352 e. The van der Waals surface area contributed by atoms with Crippen LogP contribution in [0.3, 0.4) is 0 Å². The van der Waals surface area contributed by atoms with Crippen molar-refractivity contribution in [1.29, 1.82) is 0 Å². The number of rotatable bonds is 19. The molecule has 1 heterocycles. The fourth-order valence-corrected chi connectivity index (χ4v) is 4.78. The quantitative estimate of drug-likeness (QED) is 0.203. The third kappa shape index (κ3) is 10.6. The van der Waals surface area contributed by atoms with E-state index in [1.165, 1.54) is 121 Å². The smallest absolute Gasteiger partial charge is 0.127 e. The molecule has 0 spiro atoms. The standard InChI is InChI=1S/C29H50N2/c1-3-5-7-9-10-11-12-13-14-16-21-25-31-27-26-30(24-20-15-8-6-4-2)29(31)28-22-18-17-19-23-28/h17-19,22-23,26-27,29H,3-16,20-21,24-25H2,1-2H3. The maximum atomic E-state index is 2.58. The topological polar surface area (TPSA) is 6.48 Å². The Labute approximate surface area is 194 Å². The average Bonchev–Trinajstić information content (AvgIpc) is 3.20. The van der Waals surface area contributed by atoms with Crippen LogP contribution >= 0.6 is 0 Å². The summed E-state index contributed by atoms with van der Waals surface area (Å²) in [4.78, 5) is 5.15. The molecule has 1 aliphatic heterocycles. The van der Waals surface area contributed by atoms with Crippen molar-refractivity contribution in [3.63, 3.8) is 0 Å². The monoisotopic (exact) mass is 426 g/mol. The summed E-state index contributed by atoms with van der Waals surface area (Å²) in [6.07, 6.45) is 27.4. The summed E-state index contributed by atoms with van der Waals surface area (Å²) in [6.45, 7) is 6.95. The lowest BCUT2D eigenvalue weighted by Crippen LogP contribution is -2.32. The van der Waals surface area contributed by atoms with Crippen molar-refractivity contribution in [3.8, 4) is 0 Å². The molecule has 0 aromatic heterocycles. The predicted octanol–water partition coefficient (Wildman–Crippen LogP) is 9.06. The summed E-state index contributed by atoms with van der Waals surface area (Å²) in [5, 5.41) is 0. The van der Waals surface area contributed by atoms with Gasteiger partial charge >= 0.3 is 0 Å². The number of benzene rings is 1. The Bertz CT molecular complexity index is 553. The third-order valence-electron chi connectivity index (χ3n) is 6.72. The first-order valence-electron chi connectivity index (χ1n) is 13.6. The molecule has 0 N–H and O–H groups in total. The molecule has 31 heavy (non-hydrogen) atoms. The van der Waals surface area contributed by atoms with E-state index in [0.29, 0.717) is 6.17 Å². The molecule has 0 radical (unpaired) electrons. The van der Waals surface area contributed by atoms with Crippen molar-refractivity contribution in [2.75, 3.05) is 13.1 Å². The van der Waals surface area contributed by atoms with Gasteiger partial charge in [-0.25, -0.2) is 0 Å². The highest BCUT2D eigenvalue weighted by Gasteiger charge is 2.26. The van der Waals surface area contributed by atoms with E-state index in [0.717, 1.165) is 0 Å². The van der Waals surface area contributed by atoms with Gasteiger partial charge in [-0.1, -0.05) is 134 Å². The minimum atomic E-state index is 0.399. The van der Waals surface area contributed by atoms with E-state index in [2.05, 4.69) is 66.4 Å². The number of hydrogen-bond acceptors (Lipinski definition) is 2. The average molecular weight is 427 g/mol. The van der Waals surface area contributed by atoms with E-state index >= 15 is 0 Å². The van der Waals surface area contributed by atoms with Gasteiger partial charge in [-0.15, -0.1) is 0 Å². The van der Waals surface area contributed by atoms with Gasteiger partial charge in [0, 0.05) is 25.5 Å². The minimum Gasteiger partial charge on any atom is -0.352 e. The Morgan fingerprint density at radius 1 is 0.516 bits per heavy atom. The van der Waals surface area contributed by atoms with E-state index in [-0.39, 0.29) is 0 Å². The zero-order valence-corrected chi connectivity index (χ0v) is 20.7. The van der Waals surface area contributed by atoms with Crippen LogP contribution in [0.4, 0.5) is 0 Å². The summed E-state index contributed by atoms with van der Waals surface area (Å²) in [7, 11) is 0. The molecule has 0 aliphatic carbocycles. The number of nitrogens with zero attached hydrogens (tertiary/aromatic N) is 2. The van der Waals surface area contributed by atoms with Gasteiger partial charge in [0.25, 0.3) is 0 Å². The van der Waals surface area contributed by atoms with Crippen molar-refractivity contribution >= 4 is 0 Å². The molecule has 0 saturated heterocycles. The van der Waals surface area contributed by atoms with Gasteiger partial charge in [-0.2, -0.15) is 0 Å². The maximum absolute atomic E-state index is 2.58. The second kappa shape index (κ2) is 17.2. The molecule has 0 fully saturated rings. The second-order valence-corrected chi connectivity index (χ2v) is 9.51. The summed E-state index contributed by atoms with van der Waals surface area (Å²) in [5.74, 6) is 0. The maximum Gasteiger partial charge on any atom is 0.127 e. The van der Waals surface area contributed by atoms with Crippen molar-refractivity contribution in [2.45, 2.75) is 123 Å². The molecule has 176 valence electrons. The summed E-state index contributed by atoms with van der Waals surface area (Å²) in [5.41, 5.74) is 1.43. The first kappa shape index (κ1) is 25.8. The van der Waals surface area contributed by atoms with Crippen LogP contribution in [-0.2, 0) is 0 Å². The summed E-state index contributed by atoms with van der Waals surface area (Å²) < 4.78 is 0. The van der Waals surface area contributed by atoms with Gasteiger partial charge < -0.3 is 9.80 Å². The Kier molecular flexibility index (Phi) is 14.3. The molecular formula is C29H50N2. The first-order valence-corrected chi connectivity index (χ1v) is 13.6. The Morgan fingerprint density at radius 2 is 0.903 bits per heavy atom. The van der Waals surface area contributed by atoms with E-state index < -0.39 is 0 Å². The molecule has 0 saturated carbocycles. The molecule has 1 atom stereocenters. The van der Waals surface area contributed by atoms with Crippen LogP contribution in [0, 0.1) is 0 Å². The molecule has 0 bridgehead atoms. The normalized spacial score (nSPS) is 15.9. The van der Waals surface area contributed by atoms with E-state index in [4.69, 9.17) is 0 Å². The van der Waals surface area contributed by atoms with Crippen LogP contribution in [0.2, 0.25) is 0 Å². The zero-order valence-electron chi connectivity index (χ0n) is 20.7. The Hall–Kier alpha value is -1.44. The van der Waals surface area contributed by atoms with Gasteiger partial charge in [-0.3, -0.25) is 0 Å². The Balaban J connectivity index is 1.65. The van der Waals surface area contributed by atoms with Crippen LogP contribution in [0.5, 0.6) is 0 Å². The van der Waals surface area contributed by atoms with Gasteiger partial charge in [0.15, 0.2) is 0 Å². The van der Waals surface area contributed by atoms with Gasteiger partial charge in [0.2, 0.25) is 0 Å². The molecule has 2 rings (SSSR count). The van der Waals surface area contributed by atoms with E-state index in [1.807, 2.05) is 0 Å². The number of hydrogen-bond donors (Lipinski definition) is 0. The van der Waals surface area contributed by atoms with Crippen LogP contribution in [0.25, 0.3) is 0 Å². The van der Waals surface area contributed by atoms with Crippen LogP contribution in [-0.4, -0.2) is 22.9 Å². The summed E-state index contributed by atoms with van der Waals surface area (Å²) >= 11 is 0. The van der Waals surface area contributed by atoms with Crippen molar-refractivity contribution < 1.29 is 0 Å². The van der Waals surface area contributed by atoms with Crippen LogP contribution in [0.15, 0.2) is 42.7 Å². The van der Waals surface area contributed by atoms with E-state index in [9.17, 15) is 0 Å². The fraction of sp³-hybridized carbons (Fsp3) is 0.724. The second-order valence-electron chi connectivity index (χ2n) is 9.51. The van der Waals surface area contributed by atoms with Crippen molar-refractivity contribution in [3.05, 3.63) is 48.3 Å². The molecule has 1 aromatic carbocycles. The fourth-order valence-electron chi connectivity index (χ4n) is 4.78.